The summed E-state index contributed by atoms with van der Waals surface area (Å²) in [6, 6.07) is 0. The quantitative estimate of drug-likeness (QED) is 0.0196. The predicted octanol–water partition coefficient (Wildman–Crippen LogP) is 13.4. The van der Waals surface area contributed by atoms with Crippen molar-refractivity contribution in [1.29, 1.82) is 0 Å². The first-order valence-electron chi connectivity index (χ1n) is 24.0. The van der Waals surface area contributed by atoms with Crippen LogP contribution in [0.5, 0.6) is 0 Å². The zero-order chi connectivity index (χ0) is 44.3. The van der Waals surface area contributed by atoms with E-state index >= 15 is 0 Å². The molecule has 0 aliphatic rings. The third kappa shape index (κ3) is 45.2. The molecule has 0 aliphatic carbocycles. The van der Waals surface area contributed by atoms with Gasteiger partial charge in [0.15, 0.2) is 6.10 Å². The van der Waals surface area contributed by atoms with Gasteiger partial charge in [0, 0.05) is 12.8 Å². The van der Waals surface area contributed by atoms with Crippen LogP contribution in [0.25, 0.3) is 0 Å². The number of quaternary nitrogens is 1. The maximum atomic E-state index is 12.7. The molecule has 0 aromatic carbocycles. The van der Waals surface area contributed by atoms with E-state index in [1.54, 1.807) is 0 Å². The largest absolute Gasteiger partial charge is 0.756 e. The number of carbonyl (C=O) groups is 2. The van der Waals surface area contributed by atoms with Crippen LogP contribution in [0, 0.1) is 0 Å². The van der Waals surface area contributed by atoms with Gasteiger partial charge in [-0.3, -0.25) is 14.2 Å². The van der Waals surface area contributed by atoms with E-state index in [1.165, 1.54) is 96.3 Å². The molecule has 0 amide bonds. The van der Waals surface area contributed by atoms with Gasteiger partial charge in [-0.15, -0.1) is 0 Å². The number of rotatable bonds is 43. The van der Waals surface area contributed by atoms with Gasteiger partial charge in [0.25, 0.3) is 7.82 Å². The van der Waals surface area contributed by atoms with Crippen molar-refractivity contribution in [3.63, 3.8) is 0 Å². The molecule has 0 rings (SSSR count). The zero-order valence-electron chi connectivity index (χ0n) is 39.1. The lowest BCUT2D eigenvalue weighted by atomic mass is 10.0. The fraction of sp³-hybridized carbons (Fsp3) is 0.760. The zero-order valence-corrected chi connectivity index (χ0v) is 40.0. The van der Waals surface area contributed by atoms with E-state index < -0.39 is 32.5 Å². The average Bonchev–Trinajstić information content (AvgIpc) is 3.20. The first kappa shape index (κ1) is 57.7. The Morgan fingerprint density at radius 1 is 0.533 bits per heavy atom. The minimum Gasteiger partial charge on any atom is -0.756 e. The van der Waals surface area contributed by atoms with Gasteiger partial charge >= 0.3 is 11.9 Å². The van der Waals surface area contributed by atoms with Crippen molar-refractivity contribution in [2.24, 2.45) is 0 Å². The van der Waals surface area contributed by atoms with Gasteiger partial charge in [-0.05, 0) is 51.4 Å². The van der Waals surface area contributed by atoms with Gasteiger partial charge in [0.05, 0.1) is 27.7 Å². The summed E-state index contributed by atoms with van der Waals surface area (Å²) < 4.78 is 33.9. The normalized spacial score (nSPS) is 14.0. The molecule has 0 radical (unpaired) electrons. The van der Waals surface area contributed by atoms with Gasteiger partial charge in [-0.1, -0.05) is 190 Å². The highest BCUT2D eigenvalue weighted by atomic mass is 31.2. The molecule has 60 heavy (non-hydrogen) atoms. The molecule has 0 saturated heterocycles. The summed E-state index contributed by atoms with van der Waals surface area (Å²) >= 11 is 0. The smallest absolute Gasteiger partial charge is 0.306 e. The second-order valence-electron chi connectivity index (χ2n) is 17.1. The Morgan fingerprint density at radius 2 is 0.950 bits per heavy atom. The van der Waals surface area contributed by atoms with Gasteiger partial charge in [0.2, 0.25) is 0 Å². The van der Waals surface area contributed by atoms with Gasteiger partial charge in [-0.25, -0.2) is 0 Å². The van der Waals surface area contributed by atoms with Crippen LogP contribution in [0.2, 0.25) is 0 Å². The Morgan fingerprint density at radius 3 is 1.40 bits per heavy atom. The Hall–Kier alpha value is -2.29. The third-order valence-electron chi connectivity index (χ3n) is 10.1. The van der Waals surface area contributed by atoms with Crippen molar-refractivity contribution in [2.75, 3.05) is 47.5 Å². The molecule has 0 bridgehead atoms. The molecule has 2 atom stereocenters. The molecule has 9 nitrogen and oxygen atoms in total. The van der Waals surface area contributed by atoms with Crippen molar-refractivity contribution in [1.82, 2.24) is 0 Å². The fourth-order valence-corrected chi connectivity index (χ4v) is 7.07. The standard InChI is InChI=1S/C50H90NO8P/c1-6-8-10-12-14-16-18-20-22-24-25-27-29-31-33-35-37-39-41-43-50(53)59-48(47-58-60(54,55)57-45-44-51(3,4)5)46-56-49(52)42-40-38-36-34-32-30-28-26-23-21-19-17-15-13-11-9-7-2/h9,11,15,17,21,23,28,30,34,36,48H,6-8,10,12-14,16,18-20,22,24-27,29,31-33,35,37-47H2,1-5H3/b11-9+,17-15+,23-21+,30-28+,36-34+/t48-/m1/s1. The number of nitrogens with zero attached hydrogens (tertiary/aromatic N) is 1. The SMILES string of the molecule is CC/C=C/C/C=C/C/C=C/C/C=C/C/C=C/CCCC(=O)OC[C@H](COP(=O)([O-])OCC[N+](C)(C)C)OC(=O)CCCCCCCCCCCCCCCCCCCCC. The first-order valence-corrected chi connectivity index (χ1v) is 25.5. The number of allylic oxidation sites excluding steroid dienone is 10. The van der Waals surface area contributed by atoms with Crippen molar-refractivity contribution in [3.05, 3.63) is 60.8 Å². The number of carbonyl (C=O) groups excluding carboxylic acids is 2. The van der Waals surface area contributed by atoms with Gasteiger partial charge < -0.3 is 27.9 Å². The monoisotopic (exact) mass is 864 g/mol. The van der Waals surface area contributed by atoms with Gasteiger partial charge in [-0.2, -0.15) is 0 Å². The second-order valence-corrected chi connectivity index (χ2v) is 18.5. The summed E-state index contributed by atoms with van der Waals surface area (Å²) in [5, 5.41) is 0. The molecule has 0 heterocycles. The molecule has 0 aliphatic heterocycles. The Labute approximate surface area is 368 Å². The maximum absolute atomic E-state index is 12.7. The summed E-state index contributed by atoms with van der Waals surface area (Å²) in [5.41, 5.74) is 0. The third-order valence-corrected chi connectivity index (χ3v) is 11.0. The highest BCUT2D eigenvalue weighted by Crippen LogP contribution is 2.38. The summed E-state index contributed by atoms with van der Waals surface area (Å²) in [4.78, 5) is 37.6. The molecule has 0 fully saturated rings. The molecule has 10 heteroatoms. The van der Waals surface area contributed by atoms with E-state index in [9.17, 15) is 19.0 Å². The van der Waals surface area contributed by atoms with Crippen LogP contribution in [-0.2, 0) is 32.7 Å². The number of hydrogen-bond donors (Lipinski definition) is 0. The predicted molar refractivity (Wildman–Crippen MR) is 250 cm³/mol. The van der Waals surface area contributed by atoms with E-state index in [1.807, 2.05) is 21.1 Å². The number of esters is 2. The molecule has 0 N–H and O–H groups in total. The maximum Gasteiger partial charge on any atom is 0.306 e. The van der Waals surface area contributed by atoms with Gasteiger partial charge in [0.1, 0.15) is 19.8 Å². The molecule has 0 spiro atoms. The average molecular weight is 864 g/mol. The van der Waals surface area contributed by atoms with Crippen LogP contribution in [0.1, 0.15) is 194 Å². The number of phosphoric acid groups is 1. The van der Waals surface area contributed by atoms with Crippen LogP contribution < -0.4 is 4.89 Å². The minimum atomic E-state index is -4.64. The lowest BCUT2D eigenvalue weighted by Gasteiger charge is -2.28. The van der Waals surface area contributed by atoms with E-state index in [0.29, 0.717) is 23.9 Å². The number of likely N-dealkylation sites (N-methyl/N-ethyl adjacent to an activating group) is 1. The molecule has 0 aromatic rings. The lowest BCUT2D eigenvalue weighted by Crippen LogP contribution is -2.37. The molecule has 1 unspecified atom stereocenters. The number of phosphoric ester groups is 1. The topological polar surface area (TPSA) is 111 Å². The molecule has 0 aromatic heterocycles. The Bertz CT molecular complexity index is 1210. The number of hydrogen-bond acceptors (Lipinski definition) is 8. The highest BCUT2D eigenvalue weighted by molar-refractivity contribution is 7.45. The first-order chi connectivity index (χ1) is 29.0. The summed E-state index contributed by atoms with van der Waals surface area (Å²) in [7, 11) is 1.13. The van der Waals surface area contributed by atoms with Crippen molar-refractivity contribution >= 4 is 19.8 Å². The van der Waals surface area contributed by atoms with Crippen LogP contribution >= 0.6 is 7.82 Å². The molecule has 0 saturated carbocycles. The lowest BCUT2D eigenvalue weighted by molar-refractivity contribution is -0.870. The second kappa shape index (κ2) is 42.0. The van der Waals surface area contributed by atoms with Crippen LogP contribution in [-0.4, -0.2) is 70.0 Å². The van der Waals surface area contributed by atoms with E-state index in [2.05, 4.69) is 74.6 Å². The van der Waals surface area contributed by atoms with Crippen molar-refractivity contribution in [2.45, 2.75) is 200 Å². The van der Waals surface area contributed by atoms with Crippen LogP contribution in [0.15, 0.2) is 60.8 Å². The van der Waals surface area contributed by atoms with Crippen molar-refractivity contribution < 1.29 is 42.1 Å². The Kier molecular flexibility index (Phi) is 40.4. The fourth-order valence-electron chi connectivity index (χ4n) is 6.34. The van der Waals surface area contributed by atoms with E-state index in [-0.39, 0.29) is 26.1 Å². The Balaban J connectivity index is 4.37. The number of ether oxygens (including phenoxy) is 2. The molecular formula is C50H90NO8P. The highest BCUT2D eigenvalue weighted by Gasteiger charge is 2.21. The van der Waals surface area contributed by atoms with Crippen molar-refractivity contribution in [3.8, 4) is 0 Å². The van der Waals surface area contributed by atoms with Crippen LogP contribution in [0.4, 0.5) is 0 Å². The summed E-state index contributed by atoms with van der Waals surface area (Å²) in [6.07, 6.45) is 51.1. The van der Waals surface area contributed by atoms with Crippen LogP contribution in [0.3, 0.4) is 0 Å². The summed E-state index contributed by atoms with van der Waals surface area (Å²) in [6.45, 7) is 4.06. The van der Waals surface area contributed by atoms with E-state index in [4.69, 9.17) is 18.5 Å². The van der Waals surface area contributed by atoms with E-state index in [0.717, 1.165) is 57.8 Å². The molecular weight excluding hydrogens is 774 g/mol. The molecule has 348 valence electrons. The summed E-state index contributed by atoms with van der Waals surface area (Å²) in [5.74, 6) is -0.900. The number of unbranched alkanes of at least 4 members (excludes halogenated alkanes) is 19. The minimum absolute atomic E-state index is 0.0407.